The van der Waals surface area contributed by atoms with Crippen LogP contribution in [0.3, 0.4) is 0 Å². The topological polar surface area (TPSA) is 78.9 Å². The van der Waals surface area contributed by atoms with Gasteiger partial charge in [0.25, 0.3) is 0 Å². The van der Waals surface area contributed by atoms with Gasteiger partial charge in [0.05, 0.1) is 28.7 Å². The third-order valence-corrected chi connectivity index (χ3v) is 9.14. The normalized spacial score (nSPS) is 20.1. The van der Waals surface area contributed by atoms with Crippen LogP contribution in [0.5, 0.6) is 0 Å². The zero-order valence-electron chi connectivity index (χ0n) is 16.7. The Morgan fingerprint density at radius 3 is 2.55 bits per heavy atom. The lowest BCUT2D eigenvalue weighted by molar-refractivity contribution is 0.122. The van der Waals surface area contributed by atoms with E-state index in [0.717, 1.165) is 48.8 Å². The summed E-state index contributed by atoms with van der Waals surface area (Å²) in [7, 11) is 0.0376. The maximum Gasteiger partial charge on any atom is 0.224 e. The summed E-state index contributed by atoms with van der Waals surface area (Å²) in [5, 5.41) is -0.0215. The van der Waals surface area contributed by atoms with Gasteiger partial charge in [-0.15, -0.1) is 11.3 Å². The summed E-state index contributed by atoms with van der Waals surface area (Å²) in [5.74, 6) is 0.885. The van der Waals surface area contributed by atoms with E-state index in [4.69, 9.17) is 16.3 Å². The van der Waals surface area contributed by atoms with Gasteiger partial charge in [0.15, 0.2) is 5.82 Å². The quantitative estimate of drug-likeness (QED) is 0.633. The number of hydrogen-bond acceptors (Lipinski definition) is 8. The molecule has 2 saturated heterocycles. The van der Waals surface area contributed by atoms with Gasteiger partial charge in [-0.05, 0) is 43.6 Å². The van der Waals surface area contributed by atoms with Crippen molar-refractivity contribution in [3.8, 4) is 0 Å². The first-order chi connectivity index (χ1) is 13.8. The van der Waals surface area contributed by atoms with Crippen molar-refractivity contribution in [2.75, 3.05) is 58.4 Å². The van der Waals surface area contributed by atoms with Gasteiger partial charge in [-0.1, -0.05) is 0 Å². The number of nitrogens with zero attached hydrogens (tertiary/aromatic N) is 5. The molecule has 4 rings (SSSR count). The van der Waals surface area contributed by atoms with Gasteiger partial charge < -0.3 is 9.64 Å². The number of rotatable bonds is 5. The molecule has 0 radical (unpaired) electrons. The number of piperidine rings is 1. The molecule has 4 heterocycles. The maximum absolute atomic E-state index is 12.4. The second-order valence-electron chi connectivity index (χ2n) is 7.65. The Bertz CT molecular complexity index is 967. The van der Waals surface area contributed by atoms with Crippen molar-refractivity contribution in [3.05, 3.63) is 16.2 Å². The van der Waals surface area contributed by atoms with Crippen LogP contribution in [0.4, 0.5) is 5.82 Å². The van der Waals surface area contributed by atoms with Gasteiger partial charge in [-0.25, -0.2) is 17.7 Å². The van der Waals surface area contributed by atoms with Gasteiger partial charge in [-0.2, -0.15) is 4.98 Å². The van der Waals surface area contributed by atoms with Gasteiger partial charge in [0, 0.05) is 38.6 Å². The summed E-state index contributed by atoms with van der Waals surface area (Å²) < 4.78 is 32.6. The lowest BCUT2D eigenvalue weighted by Crippen LogP contribution is -2.42. The number of anilines is 1. The fourth-order valence-corrected chi connectivity index (χ4v) is 6.62. The molecule has 11 heteroatoms. The Kier molecular flexibility index (Phi) is 6.29. The molecule has 0 unspecified atom stereocenters. The molecule has 29 heavy (non-hydrogen) atoms. The number of aromatic nitrogens is 2. The average molecular weight is 460 g/mol. The van der Waals surface area contributed by atoms with Crippen LogP contribution in [-0.2, 0) is 21.3 Å². The summed E-state index contributed by atoms with van der Waals surface area (Å²) in [6.07, 6.45) is 1.33. The molecule has 0 aromatic carbocycles. The Morgan fingerprint density at radius 1 is 1.21 bits per heavy atom. The van der Waals surface area contributed by atoms with Crippen molar-refractivity contribution in [2.24, 2.45) is 0 Å². The zero-order chi connectivity index (χ0) is 20.6. The fraction of sp³-hybridized carbons (Fsp3) is 0.667. The third-order valence-electron chi connectivity index (χ3n) is 5.53. The van der Waals surface area contributed by atoms with E-state index in [1.807, 2.05) is 0 Å². The van der Waals surface area contributed by atoms with E-state index >= 15 is 0 Å². The molecule has 8 nitrogen and oxygen atoms in total. The molecule has 2 aromatic rings. The highest BCUT2D eigenvalue weighted by atomic mass is 35.5. The van der Waals surface area contributed by atoms with Gasteiger partial charge in [0.1, 0.15) is 0 Å². The van der Waals surface area contributed by atoms with Crippen LogP contribution in [0.25, 0.3) is 10.2 Å². The van der Waals surface area contributed by atoms with Crippen LogP contribution in [0.2, 0.25) is 5.28 Å². The number of fused-ring (bicyclic) bond motifs is 1. The summed E-state index contributed by atoms with van der Waals surface area (Å²) >= 11 is 7.88. The maximum atomic E-state index is 12.4. The smallest absolute Gasteiger partial charge is 0.224 e. The molecule has 0 aliphatic carbocycles. The molecule has 0 N–H and O–H groups in total. The molecule has 0 atom stereocenters. The van der Waals surface area contributed by atoms with Crippen molar-refractivity contribution < 1.29 is 13.2 Å². The minimum absolute atomic E-state index is 0.262. The van der Waals surface area contributed by atoms with Crippen LogP contribution < -0.4 is 4.90 Å². The Balaban J connectivity index is 1.48. The lowest BCUT2D eigenvalue weighted by Gasteiger charge is -2.32. The molecule has 2 aliphatic heterocycles. The molecule has 2 aromatic heterocycles. The molecule has 2 aliphatic rings. The van der Waals surface area contributed by atoms with E-state index in [1.165, 1.54) is 9.18 Å². The summed E-state index contributed by atoms with van der Waals surface area (Å²) in [6, 6.07) is 2.08. The van der Waals surface area contributed by atoms with Crippen molar-refractivity contribution >= 4 is 49.0 Å². The Labute approximate surface area is 180 Å². The lowest BCUT2D eigenvalue weighted by atomic mass is 10.1. The highest BCUT2D eigenvalue weighted by molar-refractivity contribution is 7.89. The number of likely N-dealkylation sites (tertiary alicyclic amines) is 1. The molecule has 0 saturated carbocycles. The minimum Gasteiger partial charge on any atom is -0.378 e. The van der Waals surface area contributed by atoms with Crippen molar-refractivity contribution in [3.63, 3.8) is 0 Å². The second kappa shape index (κ2) is 8.60. The number of halogens is 1. The van der Waals surface area contributed by atoms with Crippen LogP contribution >= 0.6 is 22.9 Å². The molecule has 0 spiro atoms. The third kappa shape index (κ3) is 4.52. The van der Waals surface area contributed by atoms with E-state index < -0.39 is 10.0 Å². The van der Waals surface area contributed by atoms with Crippen LogP contribution in [0.1, 0.15) is 17.7 Å². The fourth-order valence-electron chi connectivity index (χ4n) is 3.89. The average Bonchev–Trinajstić information content (AvgIpc) is 3.10. The highest BCUT2D eigenvalue weighted by Crippen LogP contribution is 2.34. The first-order valence-corrected chi connectivity index (χ1v) is 12.5. The largest absolute Gasteiger partial charge is 0.378 e. The predicted molar refractivity (Wildman–Crippen MR) is 116 cm³/mol. The SMILES string of the molecule is CN(C)S(=O)(=O)C1CCN(Cc2cc3nc(Cl)nc(N4CCOCC4)c3s2)CC1. The van der Waals surface area contributed by atoms with Gasteiger partial charge >= 0.3 is 0 Å². The van der Waals surface area contributed by atoms with Crippen LogP contribution in [-0.4, -0.2) is 86.3 Å². The first-order valence-electron chi connectivity index (χ1n) is 9.77. The van der Waals surface area contributed by atoms with E-state index in [-0.39, 0.29) is 10.5 Å². The van der Waals surface area contributed by atoms with Gasteiger partial charge in [0.2, 0.25) is 15.3 Å². The molecule has 2 fully saturated rings. The standard InChI is InChI=1S/C18H26ClN5O3S2/c1-22(2)29(25,26)14-3-5-23(6-4-14)12-13-11-15-16(28-13)17(21-18(19)20-15)24-7-9-27-10-8-24/h11,14H,3-10,12H2,1-2H3. The van der Waals surface area contributed by atoms with Crippen molar-refractivity contribution in [1.82, 2.24) is 19.2 Å². The number of morpholine rings is 1. The zero-order valence-corrected chi connectivity index (χ0v) is 19.1. The van der Waals surface area contributed by atoms with Gasteiger partial charge in [-0.3, -0.25) is 4.90 Å². The van der Waals surface area contributed by atoms with E-state index in [1.54, 1.807) is 25.4 Å². The number of thiophene rings is 1. The molecular weight excluding hydrogens is 434 g/mol. The minimum atomic E-state index is -3.18. The van der Waals surface area contributed by atoms with Crippen molar-refractivity contribution in [1.29, 1.82) is 0 Å². The number of hydrogen-bond donors (Lipinski definition) is 0. The number of sulfonamides is 1. The summed E-state index contributed by atoms with van der Waals surface area (Å²) in [4.78, 5) is 14.6. The van der Waals surface area contributed by atoms with E-state index in [0.29, 0.717) is 26.1 Å². The van der Waals surface area contributed by atoms with E-state index in [2.05, 4.69) is 25.8 Å². The summed E-state index contributed by atoms with van der Waals surface area (Å²) in [5.41, 5.74) is 0.872. The molecule has 160 valence electrons. The predicted octanol–water partition coefficient (Wildman–Crippen LogP) is 2.04. The molecular formula is C18H26ClN5O3S2. The van der Waals surface area contributed by atoms with Crippen LogP contribution in [0, 0.1) is 0 Å². The van der Waals surface area contributed by atoms with Crippen molar-refractivity contribution in [2.45, 2.75) is 24.6 Å². The Hall–Kier alpha value is -1.04. The molecule has 0 bridgehead atoms. The summed E-state index contributed by atoms with van der Waals surface area (Å²) in [6.45, 7) is 5.30. The molecule has 0 amide bonds. The van der Waals surface area contributed by atoms with Crippen LogP contribution in [0.15, 0.2) is 6.07 Å². The number of ether oxygens (including phenoxy) is 1. The van der Waals surface area contributed by atoms with E-state index in [9.17, 15) is 8.42 Å². The second-order valence-corrected chi connectivity index (χ2v) is 11.5. The Morgan fingerprint density at radius 2 is 1.90 bits per heavy atom. The monoisotopic (exact) mass is 459 g/mol. The first kappa shape index (κ1) is 21.2. The highest BCUT2D eigenvalue weighted by Gasteiger charge is 2.31.